The van der Waals surface area contributed by atoms with Gasteiger partial charge in [0.05, 0.1) is 0 Å². The van der Waals surface area contributed by atoms with Gasteiger partial charge in [-0.15, -0.1) is 24.8 Å². The predicted molar refractivity (Wildman–Crippen MR) is 90.3 cm³/mol. The summed E-state index contributed by atoms with van der Waals surface area (Å²) in [7, 11) is 0. The maximum absolute atomic E-state index is 11.9. The van der Waals surface area contributed by atoms with Gasteiger partial charge in [-0.2, -0.15) is 0 Å². The number of pyridine rings is 1. The lowest BCUT2D eigenvalue weighted by Gasteiger charge is -2.28. The highest BCUT2D eigenvalue weighted by molar-refractivity contribution is 5.85. The van der Waals surface area contributed by atoms with E-state index >= 15 is 0 Å². The van der Waals surface area contributed by atoms with Crippen molar-refractivity contribution in [3.05, 3.63) is 30.1 Å². The Morgan fingerprint density at radius 3 is 2.90 bits per heavy atom. The summed E-state index contributed by atoms with van der Waals surface area (Å²) in [5, 5.41) is 6.50. The van der Waals surface area contributed by atoms with Crippen LogP contribution in [0.1, 0.15) is 31.9 Å². The summed E-state index contributed by atoms with van der Waals surface area (Å²) in [4.78, 5) is 16.1. The van der Waals surface area contributed by atoms with Gasteiger partial charge in [-0.05, 0) is 57.3 Å². The minimum atomic E-state index is 0. The van der Waals surface area contributed by atoms with Crippen LogP contribution in [-0.2, 0) is 11.2 Å². The van der Waals surface area contributed by atoms with Crippen LogP contribution in [0.15, 0.2) is 24.4 Å². The zero-order chi connectivity index (χ0) is 13.5. The summed E-state index contributed by atoms with van der Waals surface area (Å²) in [5.74, 6) is 0.691. The van der Waals surface area contributed by atoms with Crippen LogP contribution >= 0.6 is 24.8 Å². The number of halogens is 2. The molecular weight excluding hydrogens is 309 g/mol. The standard InChI is InChI=1S/C15H23N3O.2ClH/c1-12(13-5-4-9-16-11-13)18-15(19)8-7-14-6-2-3-10-17-14;;/h2-3,6,10,12-13,16H,4-5,7-9,11H2,1H3,(H,18,19);2*1H. The van der Waals surface area contributed by atoms with E-state index in [1.165, 1.54) is 12.8 Å². The third kappa shape index (κ3) is 7.11. The van der Waals surface area contributed by atoms with E-state index in [-0.39, 0.29) is 36.8 Å². The molecule has 1 fully saturated rings. The molecule has 1 aliphatic rings. The lowest BCUT2D eigenvalue weighted by molar-refractivity contribution is -0.122. The maximum Gasteiger partial charge on any atom is 0.220 e. The van der Waals surface area contributed by atoms with Crippen molar-refractivity contribution in [3.63, 3.8) is 0 Å². The van der Waals surface area contributed by atoms with Crippen molar-refractivity contribution in [1.82, 2.24) is 15.6 Å². The first-order valence-electron chi connectivity index (χ1n) is 7.15. The van der Waals surface area contributed by atoms with Crippen LogP contribution < -0.4 is 10.6 Å². The molecule has 2 rings (SSSR count). The number of rotatable bonds is 5. The number of aryl methyl sites for hydroxylation is 1. The van der Waals surface area contributed by atoms with Crippen molar-refractivity contribution in [3.8, 4) is 0 Å². The minimum absolute atomic E-state index is 0. The molecule has 1 saturated heterocycles. The molecule has 1 amide bonds. The van der Waals surface area contributed by atoms with Gasteiger partial charge in [0.1, 0.15) is 0 Å². The van der Waals surface area contributed by atoms with Gasteiger partial charge < -0.3 is 10.6 Å². The molecule has 2 heterocycles. The summed E-state index contributed by atoms with van der Waals surface area (Å²) >= 11 is 0. The second-order valence-electron chi connectivity index (χ2n) is 5.28. The smallest absolute Gasteiger partial charge is 0.220 e. The molecular formula is C15H25Cl2N3O. The summed E-state index contributed by atoms with van der Waals surface area (Å²) in [6, 6.07) is 6.06. The summed E-state index contributed by atoms with van der Waals surface area (Å²) < 4.78 is 0. The zero-order valence-corrected chi connectivity index (χ0v) is 14.0. The van der Waals surface area contributed by atoms with Gasteiger partial charge in [-0.25, -0.2) is 0 Å². The van der Waals surface area contributed by atoms with E-state index in [9.17, 15) is 4.79 Å². The van der Waals surface area contributed by atoms with Crippen molar-refractivity contribution in [1.29, 1.82) is 0 Å². The minimum Gasteiger partial charge on any atom is -0.353 e. The van der Waals surface area contributed by atoms with E-state index in [1.807, 2.05) is 18.2 Å². The number of carbonyl (C=O) groups is 1. The van der Waals surface area contributed by atoms with Gasteiger partial charge in [-0.1, -0.05) is 6.07 Å². The van der Waals surface area contributed by atoms with Crippen LogP contribution in [0.2, 0.25) is 0 Å². The highest BCUT2D eigenvalue weighted by atomic mass is 35.5. The topological polar surface area (TPSA) is 54.0 Å². The Hall–Kier alpha value is -0.840. The molecule has 0 bridgehead atoms. The van der Waals surface area contributed by atoms with E-state index in [4.69, 9.17) is 0 Å². The highest BCUT2D eigenvalue weighted by Gasteiger charge is 2.20. The Balaban J connectivity index is 0.00000200. The Morgan fingerprint density at radius 1 is 1.48 bits per heavy atom. The van der Waals surface area contributed by atoms with Crippen LogP contribution in [0.25, 0.3) is 0 Å². The van der Waals surface area contributed by atoms with Gasteiger partial charge in [-0.3, -0.25) is 9.78 Å². The first-order chi connectivity index (χ1) is 9.25. The van der Waals surface area contributed by atoms with Crippen molar-refractivity contribution >= 4 is 30.7 Å². The molecule has 1 aliphatic heterocycles. The second-order valence-corrected chi connectivity index (χ2v) is 5.28. The number of hydrogen-bond acceptors (Lipinski definition) is 3. The molecule has 4 nitrogen and oxygen atoms in total. The van der Waals surface area contributed by atoms with Gasteiger partial charge in [0, 0.05) is 24.4 Å². The Bertz CT molecular complexity index is 397. The maximum atomic E-state index is 11.9. The van der Waals surface area contributed by atoms with Crippen molar-refractivity contribution in [2.45, 2.75) is 38.6 Å². The highest BCUT2D eigenvalue weighted by Crippen LogP contribution is 2.14. The third-order valence-corrected chi connectivity index (χ3v) is 3.77. The van der Waals surface area contributed by atoms with Crippen molar-refractivity contribution in [2.24, 2.45) is 5.92 Å². The monoisotopic (exact) mass is 333 g/mol. The lowest BCUT2D eigenvalue weighted by atomic mass is 9.93. The van der Waals surface area contributed by atoms with Crippen LogP contribution in [-0.4, -0.2) is 30.0 Å². The fourth-order valence-electron chi connectivity index (χ4n) is 2.54. The zero-order valence-electron chi connectivity index (χ0n) is 12.4. The number of nitrogens with zero attached hydrogens (tertiary/aromatic N) is 1. The number of aromatic nitrogens is 1. The molecule has 1 aromatic rings. The van der Waals surface area contributed by atoms with Crippen LogP contribution in [0, 0.1) is 5.92 Å². The predicted octanol–water partition coefficient (Wildman–Crippen LogP) is 2.36. The fraction of sp³-hybridized carbons (Fsp3) is 0.600. The summed E-state index contributed by atoms with van der Waals surface area (Å²) in [5.41, 5.74) is 0.977. The molecule has 2 atom stereocenters. The van der Waals surface area contributed by atoms with Crippen LogP contribution in [0.5, 0.6) is 0 Å². The quantitative estimate of drug-likeness (QED) is 0.869. The average Bonchev–Trinajstić information content (AvgIpc) is 2.47. The van der Waals surface area contributed by atoms with Gasteiger partial charge in [0.2, 0.25) is 5.91 Å². The Labute approximate surface area is 139 Å². The first kappa shape index (κ1) is 20.2. The number of piperidine rings is 1. The van der Waals surface area contributed by atoms with Crippen molar-refractivity contribution in [2.75, 3.05) is 13.1 Å². The molecule has 2 N–H and O–H groups in total. The number of amides is 1. The molecule has 0 spiro atoms. The van der Waals surface area contributed by atoms with E-state index in [2.05, 4.69) is 22.5 Å². The Morgan fingerprint density at radius 2 is 2.29 bits per heavy atom. The van der Waals surface area contributed by atoms with Crippen LogP contribution in [0.3, 0.4) is 0 Å². The fourth-order valence-corrected chi connectivity index (χ4v) is 2.54. The third-order valence-electron chi connectivity index (χ3n) is 3.77. The summed E-state index contributed by atoms with van der Waals surface area (Å²) in [6.45, 7) is 4.23. The molecule has 0 aliphatic carbocycles. The SMILES string of the molecule is CC(NC(=O)CCc1ccccn1)C1CCCNC1.Cl.Cl. The average molecular weight is 334 g/mol. The van der Waals surface area contributed by atoms with Gasteiger partial charge in [0.25, 0.3) is 0 Å². The second kappa shape index (κ2) is 10.8. The van der Waals surface area contributed by atoms with Gasteiger partial charge in [0.15, 0.2) is 0 Å². The normalized spacial score (nSPS) is 18.8. The molecule has 1 aromatic heterocycles. The number of hydrogen-bond donors (Lipinski definition) is 2. The lowest BCUT2D eigenvalue weighted by Crippen LogP contribution is -2.44. The van der Waals surface area contributed by atoms with E-state index in [0.29, 0.717) is 18.8 Å². The molecule has 21 heavy (non-hydrogen) atoms. The number of nitrogens with one attached hydrogen (secondary N) is 2. The summed E-state index contributed by atoms with van der Waals surface area (Å²) in [6.07, 6.45) is 5.40. The molecule has 0 saturated carbocycles. The Kier molecular flexibility index (Phi) is 10.4. The molecule has 0 aromatic carbocycles. The van der Waals surface area contributed by atoms with E-state index in [0.717, 1.165) is 18.8 Å². The molecule has 2 unspecified atom stereocenters. The molecule has 120 valence electrons. The largest absolute Gasteiger partial charge is 0.353 e. The number of carbonyl (C=O) groups excluding carboxylic acids is 1. The van der Waals surface area contributed by atoms with E-state index in [1.54, 1.807) is 6.20 Å². The van der Waals surface area contributed by atoms with E-state index < -0.39 is 0 Å². The molecule has 6 heteroatoms. The van der Waals surface area contributed by atoms with Gasteiger partial charge >= 0.3 is 0 Å². The van der Waals surface area contributed by atoms with Crippen LogP contribution in [0.4, 0.5) is 0 Å². The van der Waals surface area contributed by atoms with Crippen molar-refractivity contribution < 1.29 is 4.79 Å². The molecule has 0 radical (unpaired) electrons. The first-order valence-corrected chi connectivity index (χ1v) is 7.15.